The lowest BCUT2D eigenvalue weighted by Gasteiger charge is -2.28. The van der Waals surface area contributed by atoms with E-state index in [-0.39, 0.29) is 11.9 Å². The summed E-state index contributed by atoms with van der Waals surface area (Å²) in [6.45, 7) is 0.541. The van der Waals surface area contributed by atoms with E-state index in [0.29, 0.717) is 31.6 Å². The molecule has 11 heteroatoms. The van der Waals surface area contributed by atoms with E-state index in [1.165, 1.54) is 11.8 Å². The zero-order chi connectivity index (χ0) is 21.4. The number of aliphatic hydroxyl groups excluding tert-OH is 1. The molecule has 2 saturated heterocycles. The number of thioether (sulfide) groups is 1. The summed E-state index contributed by atoms with van der Waals surface area (Å²) in [5.41, 5.74) is 0. The van der Waals surface area contributed by atoms with Gasteiger partial charge in [0, 0.05) is 6.54 Å². The molecule has 4 atom stereocenters. The first-order valence-electron chi connectivity index (χ1n) is 9.86. The molecule has 4 unspecified atom stereocenters. The van der Waals surface area contributed by atoms with Crippen molar-refractivity contribution in [3.8, 4) is 0 Å². The Labute approximate surface area is 174 Å². The Bertz CT molecular complexity index is 613. The largest absolute Gasteiger partial charge is 0.480 e. The number of hydrogen-bond acceptors (Lipinski definition) is 7. The lowest BCUT2D eigenvalue weighted by atomic mass is 10.1. The number of aliphatic carboxylic acids is 1. The molecule has 2 aliphatic heterocycles. The highest BCUT2D eigenvalue weighted by atomic mass is 32.2. The van der Waals surface area contributed by atoms with Crippen LogP contribution < -0.4 is 16.0 Å². The zero-order valence-electron chi connectivity index (χ0n) is 16.6. The van der Waals surface area contributed by atoms with E-state index in [1.807, 2.05) is 6.26 Å². The van der Waals surface area contributed by atoms with Gasteiger partial charge in [0.15, 0.2) is 0 Å². The molecular formula is C18H30N4O6S. The van der Waals surface area contributed by atoms with Crippen LogP contribution in [0.1, 0.15) is 32.1 Å². The van der Waals surface area contributed by atoms with Crippen molar-refractivity contribution in [2.75, 3.05) is 31.7 Å². The number of carboxylic acids is 1. The fourth-order valence-electron chi connectivity index (χ4n) is 3.63. The van der Waals surface area contributed by atoms with Gasteiger partial charge in [-0.15, -0.1) is 0 Å². The highest BCUT2D eigenvalue weighted by Crippen LogP contribution is 2.21. The number of aliphatic hydroxyl groups is 1. The molecule has 0 aromatic carbocycles. The van der Waals surface area contributed by atoms with Crippen molar-refractivity contribution in [2.24, 2.45) is 0 Å². The molecule has 0 saturated carbocycles. The van der Waals surface area contributed by atoms with Gasteiger partial charge in [0.25, 0.3) is 0 Å². The second kappa shape index (κ2) is 11.4. The number of hydrogen-bond donors (Lipinski definition) is 5. The van der Waals surface area contributed by atoms with Crippen LogP contribution in [0.25, 0.3) is 0 Å². The minimum absolute atomic E-state index is 0.0866. The third-order valence-electron chi connectivity index (χ3n) is 5.24. The maximum Gasteiger partial charge on any atom is 0.328 e. The van der Waals surface area contributed by atoms with Gasteiger partial charge in [-0.25, -0.2) is 4.79 Å². The van der Waals surface area contributed by atoms with Gasteiger partial charge >= 0.3 is 5.97 Å². The highest BCUT2D eigenvalue weighted by Gasteiger charge is 2.39. The van der Waals surface area contributed by atoms with Crippen LogP contribution in [0.4, 0.5) is 0 Å². The van der Waals surface area contributed by atoms with E-state index in [4.69, 9.17) is 10.2 Å². The zero-order valence-corrected chi connectivity index (χ0v) is 17.4. The molecule has 2 aliphatic rings. The number of likely N-dealkylation sites (tertiary alicyclic amines) is 1. The molecule has 10 nitrogen and oxygen atoms in total. The van der Waals surface area contributed by atoms with Crippen molar-refractivity contribution in [1.29, 1.82) is 0 Å². The van der Waals surface area contributed by atoms with E-state index < -0.39 is 42.5 Å². The van der Waals surface area contributed by atoms with Crippen LogP contribution in [0.3, 0.4) is 0 Å². The average Bonchev–Trinajstić information content (AvgIpc) is 3.40. The molecule has 3 amide bonds. The van der Waals surface area contributed by atoms with Crippen molar-refractivity contribution in [3.63, 3.8) is 0 Å². The number of carboxylic acid groups (broad SMARTS) is 1. The highest BCUT2D eigenvalue weighted by molar-refractivity contribution is 7.98. The van der Waals surface area contributed by atoms with Gasteiger partial charge in [-0.1, -0.05) is 0 Å². The summed E-state index contributed by atoms with van der Waals surface area (Å²) >= 11 is 1.49. The van der Waals surface area contributed by atoms with Crippen LogP contribution in [0, 0.1) is 0 Å². The van der Waals surface area contributed by atoms with Crippen molar-refractivity contribution in [3.05, 3.63) is 0 Å². The van der Waals surface area contributed by atoms with E-state index in [9.17, 15) is 19.2 Å². The number of amides is 3. The van der Waals surface area contributed by atoms with Crippen LogP contribution >= 0.6 is 11.8 Å². The van der Waals surface area contributed by atoms with E-state index in [0.717, 1.165) is 19.4 Å². The Kier molecular flexibility index (Phi) is 9.18. The van der Waals surface area contributed by atoms with Gasteiger partial charge in [-0.05, 0) is 50.7 Å². The van der Waals surface area contributed by atoms with Gasteiger partial charge in [0.1, 0.15) is 18.1 Å². The first kappa shape index (κ1) is 23.4. The van der Waals surface area contributed by atoms with Gasteiger partial charge in [-0.2, -0.15) is 11.8 Å². The van der Waals surface area contributed by atoms with Crippen LogP contribution in [0.15, 0.2) is 0 Å². The molecule has 2 heterocycles. The summed E-state index contributed by atoms with van der Waals surface area (Å²) in [5.74, 6) is -1.94. The fraction of sp³-hybridized carbons (Fsp3) is 0.778. The van der Waals surface area contributed by atoms with Gasteiger partial charge in [0.05, 0.1) is 12.6 Å². The quantitative estimate of drug-likeness (QED) is 0.282. The predicted octanol–water partition coefficient (Wildman–Crippen LogP) is -1.47. The molecule has 0 bridgehead atoms. The maximum absolute atomic E-state index is 12.9. The van der Waals surface area contributed by atoms with Crippen molar-refractivity contribution in [2.45, 2.75) is 56.3 Å². The summed E-state index contributed by atoms with van der Waals surface area (Å²) < 4.78 is 0. The first-order valence-corrected chi connectivity index (χ1v) is 11.3. The minimum atomic E-state index is -1.44. The van der Waals surface area contributed by atoms with Crippen molar-refractivity contribution in [1.82, 2.24) is 20.9 Å². The van der Waals surface area contributed by atoms with E-state index >= 15 is 0 Å². The molecule has 164 valence electrons. The Balaban J connectivity index is 2.02. The Morgan fingerprint density at radius 2 is 1.93 bits per heavy atom. The van der Waals surface area contributed by atoms with Crippen LogP contribution in [-0.4, -0.2) is 94.7 Å². The second-order valence-electron chi connectivity index (χ2n) is 7.26. The summed E-state index contributed by atoms with van der Waals surface area (Å²) in [6, 6.07) is -3.28. The SMILES string of the molecule is CSCCC(NC(=O)C1CCCN1C(=O)C1CCCN1)C(=O)NC(CO)C(=O)O. The topological polar surface area (TPSA) is 148 Å². The molecule has 2 rings (SSSR count). The third kappa shape index (κ3) is 6.31. The summed E-state index contributed by atoms with van der Waals surface area (Å²) in [6.07, 6.45) is 5.07. The fourth-order valence-corrected chi connectivity index (χ4v) is 4.10. The molecule has 0 aromatic heterocycles. The van der Waals surface area contributed by atoms with Gasteiger partial charge < -0.3 is 31.1 Å². The monoisotopic (exact) mass is 430 g/mol. The Morgan fingerprint density at radius 1 is 1.17 bits per heavy atom. The molecule has 5 N–H and O–H groups in total. The third-order valence-corrected chi connectivity index (χ3v) is 5.88. The normalized spacial score (nSPS) is 23.4. The maximum atomic E-state index is 12.9. The van der Waals surface area contributed by atoms with Gasteiger partial charge in [-0.3, -0.25) is 14.4 Å². The summed E-state index contributed by atoms with van der Waals surface area (Å²) in [4.78, 5) is 50.7. The van der Waals surface area contributed by atoms with E-state index in [2.05, 4.69) is 16.0 Å². The first-order chi connectivity index (χ1) is 13.9. The predicted molar refractivity (Wildman–Crippen MR) is 107 cm³/mol. The lowest BCUT2D eigenvalue weighted by molar-refractivity contribution is -0.144. The van der Waals surface area contributed by atoms with Crippen molar-refractivity contribution >= 4 is 35.5 Å². The molecule has 2 fully saturated rings. The molecule has 0 spiro atoms. The minimum Gasteiger partial charge on any atom is -0.480 e. The van der Waals surface area contributed by atoms with Crippen LogP contribution in [0.5, 0.6) is 0 Å². The molecule has 0 aromatic rings. The lowest BCUT2D eigenvalue weighted by Crippen LogP contribution is -2.57. The Hall–Kier alpha value is -1.85. The Morgan fingerprint density at radius 3 is 2.52 bits per heavy atom. The molecule has 29 heavy (non-hydrogen) atoms. The molecule has 0 radical (unpaired) electrons. The number of nitrogens with zero attached hydrogens (tertiary/aromatic N) is 1. The smallest absolute Gasteiger partial charge is 0.328 e. The van der Waals surface area contributed by atoms with E-state index in [1.54, 1.807) is 4.90 Å². The molecular weight excluding hydrogens is 400 g/mol. The van der Waals surface area contributed by atoms with Crippen molar-refractivity contribution < 1.29 is 29.4 Å². The molecule has 0 aliphatic carbocycles. The number of nitrogens with one attached hydrogen (secondary N) is 3. The average molecular weight is 431 g/mol. The van der Waals surface area contributed by atoms with Crippen LogP contribution in [-0.2, 0) is 19.2 Å². The number of carbonyl (C=O) groups is 4. The summed E-state index contributed by atoms with van der Waals surface area (Å²) in [7, 11) is 0. The number of carbonyl (C=O) groups excluding carboxylic acids is 3. The van der Waals surface area contributed by atoms with Gasteiger partial charge in [0.2, 0.25) is 17.7 Å². The summed E-state index contributed by atoms with van der Waals surface area (Å²) in [5, 5.41) is 26.2. The van der Waals surface area contributed by atoms with Crippen LogP contribution in [0.2, 0.25) is 0 Å². The number of rotatable bonds is 10. The standard InChI is InChI=1S/C18H30N4O6S/c1-29-9-6-11(15(24)21-13(10-23)18(27)28)20-16(25)14-5-3-8-22(14)17(26)12-4-2-7-19-12/h11-14,19,23H,2-10H2,1H3,(H,20,25)(H,21,24)(H,27,28). The second-order valence-corrected chi connectivity index (χ2v) is 8.25.